The summed E-state index contributed by atoms with van der Waals surface area (Å²) >= 11 is 0. The molecular formula is C11H15NO3S. The zero-order valence-electron chi connectivity index (χ0n) is 8.83. The van der Waals surface area contributed by atoms with E-state index in [-0.39, 0.29) is 11.0 Å². The van der Waals surface area contributed by atoms with Gasteiger partial charge in [-0.05, 0) is 42.9 Å². The fourth-order valence-electron chi connectivity index (χ4n) is 1.70. The van der Waals surface area contributed by atoms with Gasteiger partial charge in [-0.1, -0.05) is 12.1 Å². The van der Waals surface area contributed by atoms with E-state index in [9.17, 15) is 13.5 Å². The minimum absolute atomic E-state index is 0.108. The van der Waals surface area contributed by atoms with Gasteiger partial charge in [0, 0.05) is 0 Å². The van der Waals surface area contributed by atoms with Gasteiger partial charge in [-0.3, -0.25) is 0 Å². The van der Waals surface area contributed by atoms with Gasteiger partial charge >= 0.3 is 0 Å². The van der Waals surface area contributed by atoms with Gasteiger partial charge in [-0.15, -0.1) is 0 Å². The number of sulfonamides is 1. The van der Waals surface area contributed by atoms with Crippen LogP contribution in [-0.2, 0) is 16.4 Å². The highest BCUT2D eigenvalue weighted by Gasteiger charge is 2.29. The number of rotatable bonds is 4. The van der Waals surface area contributed by atoms with Gasteiger partial charge in [-0.2, -0.15) is 0 Å². The zero-order valence-corrected chi connectivity index (χ0v) is 9.65. The Morgan fingerprint density at radius 2 is 1.88 bits per heavy atom. The van der Waals surface area contributed by atoms with Crippen molar-refractivity contribution in [2.75, 3.05) is 0 Å². The highest BCUT2D eigenvalue weighted by molar-refractivity contribution is 7.89. The Hall–Kier alpha value is -0.910. The van der Waals surface area contributed by atoms with Gasteiger partial charge in [0.1, 0.15) is 0 Å². The Kier molecular flexibility index (Phi) is 3.01. The second kappa shape index (κ2) is 4.16. The molecule has 0 spiro atoms. The summed E-state index contributed by atoms with van der Waals surface area (Å²) in [5.41, 5.74) is 0.937. The van der Waals surface area contributed by atoms with Gasteiger partial charge in [0.15, 0.2) is 0 Å². The largest absolute Gasteiger partial charge is 0.392 e. The lowest BCUT2D eigenvalue weighted by Gasteiger charge is -2.09. The number of primary sulfonamides is 1. The average Bonchev–Trinajstić information content (AvgIpc) is 3.00. The highest BCUT2D eigenvalue weighted by Crippen LogP contribution is 2.33. The van der Waals surface area contributed by atoms with Crippen LogP contribution in [0.5, 0.6) is 0 Å². The maximum absolute atomic E-state index is 11.0. The van der Waals surface area contributed by atoms with Crippen LogP contribution in [0.1, 0.15) is 18.4 Å². The van der Waals surface area contributed by atoms with Crippen LogP contribution in [0.25, 0.3) is 0 Å². The minimum Gasteiger partial charge on any atom is -0.392 e. The van der Waals surface area contributed by atoms with Crippen molar-refractivity contribution in [1.82, 2.24) is 0 Å². The van der Waals surface area contributed by atoms with Gasteiger partial charge in [0.25, 0.3) is 0 Å². The Balaban J connectivity index is 2.07. The lowest BCUT2D eigenvalue weighted by molar-refractivity contribution is 0.151. The van der Waals surface area contributed by atoms with Crippen molar-refractivity contribution in [1.29, 1.82) is 0 Å². The normalized spacial score (nSPS) is 18.4. The molecule has 1 aromatic rings. The van der Waals surface area contributed by atoms with Crippen LogP contribution in [0.3, 0.4) is 0 Å². The number of nitrogens with two attached hydrogens (primary N) is 1. The first-order valence-electron chi connectivity index (χ1n) is 5.26. The molecule has 0 saturated heterocycles. The molecule has 0 heterocycles. The molecular weight excluding hydrogens is 226 g/mol. The molecule has 1 aliphatic rings. The number of aliphatic hydroxyl groups excluding tert-OH is 1. The second-order valence-corrected chi connectivity index (χ2v) is 5.86. The van der Waals surface area contributed by atoms with Gasteiger partial charge in [0.05, 0.1) is 11.0 Å². The first kappa shape index (κ1) is 11.6. The van der Waals surface area contributed by atoms with Crippen molar-refractivity contribution in [2.24, 2.45) is 11.1 Å². The van der Waals surface area contributed by atoms with Crippen LogP contribution in [0, 0.1) is 5.92 Å². The molecule has 0 radical (unpaired) electrons. The van der Waals surface area contributed by atoms with Crippen LogP contribution >= 0.6 is 0 Å². The Morgan fingerprint density at radius 3 is 2.31 bits per heavy atom. The predicted octanol–water partition coefficient (Wildman–Crippen LogP) is 0.647. The quantitative estimate of drug-likeness (QED) is 0.812. The van der Waals surface area contributed by atoms with Gasteiger partial charge < -0.3 is 5.11 Å². The minimum atomic E-state index is -3.61. The van der Waals surface area contributed by atoms with E-state index in [1.165, 1.54) is 12.1 Å². The molecule has 1 atom stereocenters. The van der Waals surface area contributed by atoms with Crippen molar-refractivity contribution in [3.05, 3.63) is 29.8 Å². The molecule has 5 heteroatoms. The van der Waals surface area contributed by atoms with E-state index in [1.54, 1.807) is 12.1 Å². The first-order chi connectivity index (χ1) is 7.47. The summed E-state index contributed by atoms with van der Waals surface area (Å²) in [5.74, 6) is 0.429. The monoisotopic (exact) mass is 241 g/mol. The van der Waals surface area contributed by atoms with E-state index >= 15 is 0 Å². The number of hydrogen-bond donors (Lipinski definition) is 2. The zero-order chi connectivity index (χ0) is 11.8. The van der Waals surface area contributed by atoms with E-state index in [2.05, 4.69) is 0 Å². The molecule has 16 heavy (non-hydrogen) atoms. The molecule has 1 fully saturated rings. The maximum atomic E-state index is 11.0. The lowest BCUT2D eigenvalue weighted by Crippen LogP contribution is -2.14. The third-order valence-corrected chi connectivity index (χ3v) is 3.79. The molecule has 0 aromatic heterocycles. The highest BCUT2D eigenvalue weighted by atomic mass is 32.2. The summed E-state index contributed by atoms with van der Waals surface area (Å²) in [6, 6.07) is 6.35. The predicted molar refractivity (Wildman–Crippen MR) is 60.3 cm³/mol. The number of aliphatic hydroxyl groups is 1. The summed E-state index contributed by atoms with van der Waals surface area (Å²) in [7, 11) is -3.61. The molecule has 1 aromatic carbocycles. The van der Waals surface area contributed by atoms with Crippen molar-refractivity contribution in [3.8, 4) is 0 Å². The van der Waals surface area contributed by atoms with Crippen LogP contribution < -0.4 is 5.14 Å². The van der Waals surface area contributed by atoms with Crippen LogP contribution in [0.4, 0.5) is 0 Å². The van der Waals surface area contributed by atoms with E-state index in [0.717, 1.165) is 18.4 Å². The molecule has 88 valence electrons. The summed E-state index contributed by atoms with van der Waals surface area (Å²) in [5, 5.41) is 14.7. The summed E-state index contributed by atoms with van der Waals surface area (Å²) in [6.45, 7) is 0. The van der Waals surface area contributed by atoms with Gasteiger partial charge in [-0.25, -0.2) is 13.6 Å². The Bertz CT molecular complexity index is 463. The van der Waals surface area contributed by atoms with E-state index in [0.29, 0.717) is 12.3 Å². The number of hydrogen-bond acceptors (Lipinski definition) is 3. The van der Waals surface area contributed by atoms with E-state index < -0.39 is 10.0 Å². The standard InChI is InChI=1S/C11H15NO3S/c12-16(14,15)10-5-1-8(2-6-10)7-11(13)9-3-4-9/h1-2,5-6,9,11,13H,3-4,7H2,(H2,12,14,15). The van der Waals surface area contributed by atoms with Gasteiger partial charge in [0.2, 0.25) is 10.0 Å². The molecule has 3 N–H and O–H groups in total. The number of benzene rings is 1. The van der Waals surface area contributed by atoms with Crippen molar-refractivity contribution >= 4 is 10.0 Å². The van der Waals surface area contributed by atoms with Crippen LogP contribution in [0.2, 0.25) is 0 Å². The third-order valence-electron chi connectivity index (χ3n) is 2.86. The SMILES string of the molecule is NS(=O)(=O)c1ccc(CC(O)C2CC2)cc1. The molecule has 4 nitrogen and oxygen atoms in total. The smallest absolute Gasteiger partial charge is 0.238 e. The van der Waals surface area contributed by atoms with Crippen molar-refractivity contribution < 1.29 is 13.5 Å². The molecule has 0 aliphatic heterocycles. The Labute approximate surface area is 95.1 Å². The third kappa shape index (κ3) is 2.81. The molecule has 1 aliphatic carbocycles. The van der Waals surface area contributed by atoms with E-state index in [1.807, 2.05) is 0 Å². The average molecular weight is 241 g/mol. The maximum Gasteiger partial charge on any atom is 0.238 e. The molecule has 2 rings (SSSR count). The Morgan fingerprint density at radius 1 is 1.31 bits per heavy atom. The van der Waals surface area contributed by atoms with Crippen LogP contribution in [0.15, 0.2) is 29.2 Å². The summed E-state index contributed by atoms with van der Waals surface area (Å²) in [4.78, 5) is 0.108. The van der Waals surface area contributed by atoms with Crippen molar-refractivity contribution in [2.45, 2.75) is 30.3 Å². The molecule has 0 bridgehead atoms. The fraction of sp³-hybridized carbons (Fsp3) is 0.455. The molecule has 1 saturated carbocycles. The topological polar surface area (TPSA) is 80.4 Å². The molecule has 0 amide bonds. The van der Waals surface area contributed by atoms with Crippen molar-refractivity contribution in [3.63, 3.8) is 0 Å². The second-order valence-electron chi connectivity index (χ2n) is 4.30. The summed E-state index contributed by atoms with van der Waals surface area (Å²) in [6.07, 6.45) is 2.46. The van der Waals surface area contributed by atoms with Crippen LogP contribution in [-0.4, -0.2) is 19.6 Å². The van der Waals surface area contributed by atoms with E-state index in [4.69, 9.17) is 5.14 Å². The molecule has 1 unspecified atom stereocenters. The summed E-state index contributed by atoms with van der Waals surface area (Å²) < 4.78 is 22.0. The first-order valence-corrected chi connectivity index (χ1v) is 6.81. The lowest BCUT2D eigenvalue weighted by atomic mass is 10.1. The fourth-order valence-corrected chi connectivity index (χ4v) is 2.22.